The predicted octanol–water partition coefficient (Wildman–Crippen LogP) is 5.92. The largest absolute Gasteiger partial charge is 0.478 e. The molecule has 39 heavy (non-hydrogen) atoms. The maximum absolute atomic E-state index is 15.9. The van der Waals surface area contributed by atoms with E-state index in [1.165, 1.54) is 6.07 Å². The molecule has 0 bridgehead atoms. The summed E-state index contributed by atoms with van der Waals surface area (Å²) in [6.45, 7) is 4.81. The van der Waals surface area contributed by atoms with Crippen molar-refractivity contribution < 1.29 is 19.1 Å². The fraction of sp³-hybridized carbons (Fsp3) is 0.276. The lowest BCUT2D eigenvalue weighted by atomic mass is 9.71. The Morgan fingerprint density at radius 1 is 1.23 bits per heavy atom. The molecule has 1 fully saturated rings. The molecule has 3 aromatic carbocycles. The summed E-state index contributed by atoms with van der Waals surface area (Å²) in [6, 6.07) is 13.5. The number of aryl methyl sites for hydroxylation is 1. The van der Waals surface area contributed by atoms with Crippen LogP contribution in [0.2, 0.25) is 10.0 Å². The van der Waals surface area contributed by atoms with Gasteiger partial charge in [0.1, 0.15) is 17.2 Å². The minimum Gasteiger partial charge on any atom is -0.478 e. The minimum atomic E-state index is -1.22. The monoisotopic (exact) mass is 564 g/mol. The number of likely N-dealkylation sites (tertiary alicyclic amines) is 1. The number of nitrogens with zero attached hydrogens (tertiary/aromatic N) is 3. The van der Waals surface area contributed by atoms with Crippen molar-refractivity contribution in [3.8, 4) is 0 Å². The molecule has 3 aliphatic rings. The van der Waals surface area contributed by atoms with E-state index in [4.69, 9.17) is 28.2 Å². The topological polar surface area (TPSA) is 87.5 Å². The van der Waals surface area contributed by atoms with E-state index in [-0.39, 0.29) is 28.5 Å². The summed E-state index contributed by atoms with van der Waals surface area (Å²) >= 11 is 12.6. The van der Waals surface area contributed by atoms with E-state index in [1.807, 2.05) is 19.1 Å². The first-order valence-corrected chi connectivity index (χ1v) is 13.5. The first-order valence-electron chi connectivity index (χ1n) is 12.7. The maximum Gasteiger partial charge on any atom is 0.336 e. The fourth-order valence-corrected chi connectivity index (χ4v) is 7.71. The average molecular weight is 565 g/mol. The zero-order valence-corrected chi connectivity index (χ0v) is 22.5. The number of nitrogens with one attached hydrogen (secondary N) is 1. The second-order valence-electron chi connectivity index (χ2n) is 10.5. The lowest BCUT2D eigenvalue weighted by molar-refractivity contribution is -0.127. The van der Waals surface area contributed by atoms with Crippen molar-refractivity contribution in [2.45, 2.75) is 43.8 Å². The van der Waals surface area contributed by atoms with Crippen LogP contribution in [0.5, 0.6) is 0 Å². The predicted molar refractivity (Wildman–Crippen MR) is 146 cm³/mol. The Kier molecular flexibility index (Phi) is 5.21. The molecule has 0 aliphatic carbocycles. The number of carbonyl (C=O) groups excluding carboxylic acids is 1. The number of benzene rings is 3. The van der Waals surface area contributed by atoms with Crippen LogP contribution in [0, 0.1) is 12.7 Å². The summed E-state index contributed by atoms with van der Waals surface area (Å²) in [6.07, 6.45) is 0. The van der Waals surface area contributed by atoms with Gasteiger partial charge in [-0.15, -0.1) is 0 Å². The van der Waals surface area contributed by atoms with Crippen molar-refractivity contribution in [2.75, 3.05) is 11.9 Å². The lowest BCUT2D eigenvalue weighted by Crippen LogP contribution is -2.52. The van der Waals surface area contributed by atoms with E-state index < -0.39 is 23.2 Å². The number of anilines is 1. The van der Waals surface area contributed by atoms with Crippen molar-refractivity contribution in [3.63, 3.8) is 0 Å². The van der Waals surface area contributed by atoms with Gasteiger partial charge in [-0.3, -0.25) is 9.69 Å². The summed E-state index contributed by atoms with van der Waals surface area (Å²) in [5.74, 6) is -2.16. The van der Waals surface area contributed by atoms with E-state index in [9.17, 15) is 14.7 Å². The van der Waals surface area contributed by atoms with Crippen LogP contribution in [-0.2, 0) is 16.9 Å². The number of carboxylic acids is 1. The highest BCUT2D eigenvalue weighted by Gasteiger charge is 2.69. The number of carbonyl (C=O) groups is 2. The highest BCUT2D eigenvalue weighted by atomic mass is 35.5. The third-order valence-electron chi connectivity index (χ3n) is 8.74. The van der Waals surface area contributed by atoms with Crippen LogP contribution in [0.25, 0.3) is 11.0 Å². The molecule has 1 spiro atoms. The number of fused-ring (bicyclic) bond motifs is 7. The highest BCUT2D eigenvalue weighted by molar-refractivity contribution is 6.31. The number of imidazole rings is 1. The van der Waals surface area contributed by atoms with Crippen molar-refractivity contribution in [1.82, 2.24) is 14.5 Å². The van der Waals surface area contributed by atoms with Gasteiger partial charge < -0.3 is 15.0 Å². The lowest BCUT2D eigenvalue weighted by Gasteiger charge is -2.39. The molecule has 7 rings (SSSR count). The van der Waals surface area contributed by atoms with E-state index in [0.717, 1.165) is 11.1 Å². The Balaban J connectivity index is 1.53. The number of aromatic carboxylic acids is 1. The quantitative estimate of drug-likeness (QED) is 0.322. The van der Waals surface area contributed by atoms with Crippen molar-refractivity contribution in [1.29, 1.82) is 0 Å². The molecular formula is C29H23Cl2FN4O3. The van der Waals surface area contributed by atoms with Crippen LogP contribution in [0.4, 0.5) is 10.1 Å². The third kappa shape index (κ3) is 3.05. The van der Waals surface area contributed by atoms with Gasteiger partial charge in [-0.05, 0) is 54.9 Å². The zero-order chi connectivity index (χ0) is 27.4. The Morgan fingerprint density at radius 2 is 2.03 bits per heavy atom. The molecule has 4 atom stereocenters. The summed E-state index contributed by atoms with van der Waals surface area (Å²) < 4.78 is 18.0. The number of aromatic nitrogens is 2. The molecule has 10 heteroatoms. The molecule has 7 nitrogen and oxygen atoms in total. The van der Waals surface area contributed by atoms with Crippen molar-refractivity contribution >= 4 is 51.8 Å². The number of halogens is 3. The highest BCUT2D eigenvalue weighted by Crippen LogP contribution is 2.64. The number of carboxylic acid groups (broad SMARTS) is 1. The normalized spacial score (nSPS) is 25.3. The van der Waals surface area contributed by atoms with Gasteiger partial charge in [-0.25, -0.2) is 14.2 Å². The smallest absolute Gasteiger partial charge is 0.336 e. The van der Waals surface area contributed by atoms with Gasteiger partial charge in [0, 0.05) is 40.7 Å². The Hall–Kier alpha value is -3.46. The van der Waals surface area contributed by atoms with Crippen LogP contribution >= 0.6 is 23.2 Å². The van der Waals surface area contributed by atoms with Gasteiger partial charge in [0.05, 0.1) is 21.6 Å². The molecular weight excluding hydrogens is 542 g/mol. The zero-order valence-electron chi connectivity index (χ0n) is 21.0. The van der Waals surface area contributed by atoms with E-state index in [2.05, 4.69) is 14.8 Å². The molecule has 1 aromatic heterocycles. The molecule has 0 unspecified atom stereocenters. The van der Waals surface area contributed by atoms with Crippen LogP contribution in [0.3, 0.4) is 0 Å². The molecule has 2 N–H and O–H groups in total. The van der Waals surface area contributed by atoms with Gasteiger partial charge in [-0.2, -0.15) is 0 Å². The molecule has 198 valence electrons. The Morgan fingerprint density at radius 3 is 2.77 bits per heavy atom. The Bertz CT molecular complexity index is 1750. The Labute approximate surface area is 233 Å². The number of rotatable bonds is 3. The van der Waals surface area contributed by atoms with Gasteiger partial charge >= 0.3 is 5.97 Å². The summed E-state index contributed by atoms with van der Waals surface area (Å²) in [4.78, 5) is 33.1. The summed E-state index contributed by atoms with van der Waals surface area (Å²) in [5, 5.41) is 13.2. The van der Waals surface area contributed by atoms with Gasteiger partial charge in [0.2, 0.25) is 5.91 Å². The van der Waals surface area contributed by atoms with E-state index in [1.54, 1.807) is 37.3 Å². The number of hydrogen-bond acceptors (Lipinski definition) is 4. The SMILES string of the molecule is CCN1[C@H]2Cn3c(nc4cc(C(=O)O)c(C)cc43)[C@H]2[C@H](c2cccc(Cl)c2F)[C@]12C(=O)Nc1cc(Cl)ccc12. The maximum atomic E-state index is 15.9. The van der Waals surface area contributed by atoms with Gasteiger partial charge in [0.15, 0.2) is 0 Å². The molecule has 1 saturated heterocycles. The van der Waals surface area contributed by atoms with Crippen LogP contribution in [-0.4, -0.2) is 44.0 Å². The third-order valence-corrected chi connectivity index (χ3v) is 9.27. The summed E-state index contributed by atoms with van der Waals surface area (Å²) in [5.41, 5.74) is 2.67. The molecule has 0 saturated carbocycles. The first-order chi connectivity index (χ1) is 18.7. The molecule has 3 aliphatic heterocycles. The van der Waals surface area contributed by atoms with Crippen LogP contribution in [0.1, 0.15) is 51.6 Å². The second kappa shape index (κ2) is 8.27. The van der Waals surface area contributed by atoms with E-state index in [0.29, 0.717) is 46.3 Å². The standard InChI is InChI=1S/C29H23Cl2FN4O3/c1-3-36-22-12-35-21-9-13(2)16(27(37)38)11-20(21)33-26(35)23(22)24(15-5-4-6-18(31)25(15)32)29(36)17-8-7-14(30)10-19(17)34-28(29)39/h4-11,22-24H,3,12H2,1-2H3,(H,34,39)(H,37,38)/t22-,23+,24-,29+/m0/s1. The minimum absolute atomic E-state index is 0.0166. The van der Waals surface area contributed by atoms with Crippen molar-refractivity contribution in [2.24, 2.45) is 0 Å². The van der Waals surface area contributed by atoms with Crippen molar-refractivity contribution in [3.05, 3.63) is 92.5 Å². The molecule has 0 radical (unpaired) electrons. The number of hydrogen-bond donors (Lipinski definition) is 2. The summed E-state index contributed by atoms with van der Waals surface area (Å²) in [7, 11) is 0. The van der Waals surface area contributed by atoms with E-state index >= 15 is 4.39 Å². The number of likely N-dealkylation sites (N-methyl/N-ethyl adjacent to an activating group) is 1. The fourth-order valence-electron chi connectivity index (χ4n) is 7.36. The van der Waals surface area contributed by atoms with Crippen LogP contribution < -0.4 is 5.32 Å². The molecule has 4 heterocycles. The first kappa shape index (κ1) is 24.6. The second-order valence-corrected chi connectivity index (χ2v) is 11.3. The van der Waals surface area contributed by atoms with Gasteiger partial charge in [0.25, 0.3) is 0 Å². The molecule has 4 aromatic rings. The molecule has 1 amide bonds. The van der Waals surface area contributed by atoms with Crippen LogP contribution in [0.15, 0.2) is 48.5 Å². The average Bonchev–Trinajstić information content (AvgIpc) is 3.57. The number of amides is 1. The van der Waals surface area contributed by atoms with Gasteiger partial charge in [-0.1, -0.05) is 48.3 Å².